The fourth-order valence-electron chi connectivity index (χ4n) is 7.01. The second-order valence-electron chi connectivity index (χ2n) is 21.4. The summed E-state index contributed by atoms with van der Waals surface area (Å²) in [7, 11) is -1.47. The van der Waals surface area contributed by atoms with Gasteiger partial charge >= 0.3 is 8.60 Å². The SMILES string of the molecule is CCC(CC(COP(OCC(CC(CC)C(C)(C)C)C(C)(C)C)OCC(CC(CC)C(C)(C)C)C(C)(C)C)C(C)(C)C)C(C)(C)C. The van der Waals surface area contributed by atoms with E-state index in [1.807, 2.05) is 0 Å². The molecule has 46 heavy (non-hydrogen) atoms. The minimum Gasteiger partial charge on any atom is -0.312 e. The van der Waals surface area contributed by atoms with Gasteiger partial charge in [-0.05, 0) is 87.3 Å². The molecular weight excluding hydrogens is 583 g/mol. The molecule has 3 nitrogen and oxygen atoms in total. The Balaban J connectivity index is 6.30. The van der Waals surface area contributed by atoms with E-state index < -0.39 is 8.60 Å². The van der Waals surface area contributed by atoms with E-state index in [-0.39, 0.29) is 32.5 Å². The van der Waals surface area contributed by atoms with Crippen LogP contribution in [0.1, 0.15) is 184 Å². The van der Waals surface area contributed by atoms with Crippen LogP contribution >= 0.6 is 8.60 Å². The van der Waals surface area contributed by atoms with Crippen molar-refractivity contribution < 1.29 is 13.6 Å². The number of hydrogen-bond acceptors (Lipinski definition) is 3. The first-order valence-corrected chi connectivity index (χ1v) is 20.3. The molecular formula is C42H87O3P. The summed E-state index contributed by atoms with van der Waals surface area (Å²) >= 11 is 0. The molecule has 6 atom stereocenters. The van der Waals surface area contributed by atoms with Crippen LogP contribution in [0, 0.1) is 68.0 Å². The minimum atomic E-state index is -1.47. The van der Waals surface area contributed by atoms with Gasteiger partial charge < -0.3 is 13.6 Å². The lowest BCUT2D eigenvalue weighted by Crippen LogP contribution is -2.33. The predicted molar refractivity (Wildman–Crippen MR) is 207 cm³/mol. The molecule has 278 valence electrons. The van der Waals surface area contributed by atoms with E-state index in [0.29, 0.717) is 55.3 Å². The number of hydrogen-bond donors (Lipinski definition) is 0. The molecule has 0 aromatic heterocycles. The highest BCUT2D eigenvalue weighted by atomic mass is 31.2. The molecule has 0 spiro atoms. The number of rotatable bonds is 18. The molecule has 0 amide bonds. The molecule has 0 aromatic rings. The molecule has 0 heterocycles. The van der Waals surface area contributed by atoms with E-state index in [0.717, 1.165) is 19.3 Å². The van der Waals surface area contributed by atoms with E-state index in [1.165, 1.54) is 19.3 Å². The van der Waals surface area contributed by atoms with Crippen molar-refractivity contribution in [1.29, 1.82) is 0 Å². The highest BCUT2D eigenvalue weighted by molar-refractivity contribution is 7.41. The van der Waals surface area contributed by atoms with Crippen molar-refractivity contribution >= 4 is 8.60 Å². The van der Waals surface area contributed by atoms with Crippen molar-refractivity contribution in [1.82, 2.24) is 0 Å². The lowest BCUT2D eigenvalue weighted by molar-refractivity contribution is 0.0342. The summed E-state index contributed by atoms with van der Waals surface area (Å²) in [5, 5.41) is 0. The van der Waals surface area contributed by atoms with Gasteiger partial charge in [0.25, 0.3) is 0 Å². The smallest absolute Gasteiger partial charge is 0.312 e. The molecule has 0 saturated carbocycles. The van der Waals surface area contributed by atoms with Crippen LogP contribution in [0.25, 0.3) is 0 Å². The first-order chi connectivity index (χ1) is 20.5. The van der Waals surface area contributed by atoms with Gasteiger partial charge in [0.05, 0.1) is 19.8 Å². The average Bonchev–Trinajstić information content (AvgIpc) is 2.83. The van der Waals surface area contributed by atoms with E-state index in [9.17, 15) is 0 Å². The van der Waals surface area contributed by atoms with Crippen molar-refractivity contribution in [3.8, 4) is 0 Å². The van der Waals surface area contributed by atoms with Gasteiger partial charge in [-0.15, -0.1) is 0 Å². The summed E-state index contributed by atoms with van der Waals surface area (Å²) in [4.78, 5) is 0. The highest BCUT2D eigenvalue weighted by Gasteiger charge is 2.37. The van der Waals surface area contributed by atoms with Crippen LogP contribution in [0.2, 0.25) is 0 Å². The van der Waals surface area contributed by atoms with E-state index in [4.69, 9.17) is 13.6 Å². The Hall–Kier alpha value is 0.310. The molecule has 0 saturated heterocycles. The Morgan fingerprint density at radius 2 is 0.500 bits per heavy atom. The van der Waals surface area contributed by atoms with Gasteiger partial charge in [-0.2, -0.15) is 0 Å². The predicted octanol–water partition coefficient (Wildman–Crippen LogP) is 14.6. The lowest BCUT2D eigenvalue weighted by atomic mass is 9.69. The first kappa shape index (κ1) is 46.3. The summed E-state index contributed by atoms with van der Waals surface area (Å²) in [5.74, 6) is 3.24. The van der Waals surface area contributed by atoms with Gasteiger partial charge in [0.2, 0.25) is 0 Å². The van der Waals surface area contributed by atoms with Crippen LogP contribution in [0.3, 0.4) is 0 Å². The molecule has 0 bridgehead atoms. The standard InChI is InChI=1S/C42H87O3P/c1-22-31(37(4,5)6)25-34(40(13,14)15)28-43-46(44-29-35(41(16,17)18)26-32(23-2)38(7,8)9)45-30-36(42(19,20)21)27-33(24-3)39(10,11)12/h31-36H,22-30H2,1-21H3. The Kier molecular flexibility index (Phi) is 18.6. The summed E-state index contributed by atoms with van der Waals surface area (Å²) in [6.45, 7) is 52.0. The lowest BCUT2D eigenvalue weighted by Gasteiger charge is -2.40. The van der Waals surface area contributed by atoms with E-state index in [2.05, 4.69) is 145 Å². The molecule has 0 aliphatic rings. The van der Waals surface area contributed by atoms with Crippen molar-refractivity contribution in [2.45, 2.75) is 184 Å². The molecule has 6 unspecified atom stereocenters. The molecule has 4 heteroatoms. The highest BCUT2D eigenvalue weighted by Crippen LogP contribution is 2.49. The van der Waals surface area contributed by atoms with Crippen LogP contribution in [-0.2, 0) is 13.6 Å². The summed E-state index contributed by atoms with van der Waals surface area (Å²) in [6.07, 6.45) is 7.06. The summed E-state index contributed by atoms with van der Waals surface area (Å²) in [6, 6.07) is 0. The first-order valence-electron chi connectivity index (χ1n) is 19.2. The van der Waals surface area contributed by atoms with Gasteiger partial charge in [0.1, 0.15) is 0 Å². The summed E-state index contributed by atoms with van der Waals surface area (Å²) < 4.78 is 20.5. The van der Waals surface area contributed by atoms with Crippen LogP contribution < -0.4 is 0 Å². The van der Waals surface area contributed by atoms with Gasteiger partial charge in [0.15, 0.2) is 0 Å². The molecule has 0 aliphatic carbocycles. The zero-order valence-corrected chi connectivity index (χ0v) is 36.4. The maximum atomic E-state index is 6.83. The fourth-order valence-corrected chi connectivity index (χ4v) is 8.14. The van der Waals surface area contributed by atoms with Gasteiger partial charge in [-0.3, -0.25) is 0 Å². The van der Waals surface area contributed by atoms with Gasteiger partial charge in [-0.25, -0.2) is 0 Å². The zero-order chi connectivity index (χ0) is 36.5. The third-order valence-corrected chi connectivity index (χ3v) is 12.8. The molecule has 0 aromatic carbocycles. The van der Waals surface area contributed by atoms with Gasteiger partial charge in [-0.1, -0.05) is 165 Å². The van der Waals surface area contributed by atoms with Crippen molar-refractivity contribution in [2.75, 3.05) is 19.8 Å². The van der Waals surface area contributed by atoms with Crippen LogP contribution in [0.15, 0.2) is 0 Å². The summed E-state index contributed by atoms with van der Waals surface area (Å²) in [5.41, 5.74) is 1.27. The van der Waals surface area contributed by atoms with E-state index in [1.54, 1.807) is 0 Å². The monoisotopic (exact) mass is 671 g/mol. The normalized spacial score (nSPS) is 19.0. The zero-order valence-electron chi connectivity index (χ0n) is 35.5. The quantitative estimate of drug-likeness (QED) is 0.136. The van der Waals surface area contributed by atoms with Crippen LogP contribution in [-0.4, -0.2) is 19.8 Å². The second-order valence-corrected chi connectivity index (χ2v) is 22.6. The third-order valence-electron chi connectivity index (χ3n) is 11.7. The third kappa shape index (κ3) is 17.3. The molecule has 0 rings (SSSR count). The van der Waals surface area contributed by atoms with Crippen molar-refractivity contribution in [3.63, 3.8) is 0 Å². The van der Waals surface area contributed by atoms with E-state index >= 15 is 0 Å². The second kappa shape index (κ2) is 18.5. The topological polar surface area (TPSA) is 27.7 Å². The largest absolute Gasteiger partial charge is 0.332 e. The minimum absolute atomic E-state index is 0.143. The van der Waals surface area contributed by atoms with Crippen molar-refractivity contribution in [3.05, 3.63) is 0 Å². The average molecular weight is 671 g/mol. The maximum Gasteiger partial charge on any atom is 0.332 e. The Bertz CT molecular complexity index is 699. The van der Waals surface area contributed by atoms with Gasteiger partial charge in [0, 0.05) is 0 Å². The molecule has 0 fully saturated rings. The Morgan fingerprint density at radius 1 is 0.326 bits per heavy atom. The Morgan fingerprint density at radius 3 is 0.630 bits per heavy atom. The molecule has 0 aliphatic heterocycles. The molecule has 0 N–H and O–H groups in total. The van der Waals surface area contributed by atoms with Crippen molar-refractivity contribution in [2.24, 2.45) is 68.0 Å². The Labute approximate surface area is 293 Å². The fraction of sp³-hybridized carbons (Fsp3) is 1.00. The van der Waals surface area contributed by atoms with Crippen LogP contribution in [0.5, 0.6) is 0 Å². The maximum absolute atomic E-state index is 6.83. The molecule has 0 radical (unpaired) electrons. The van der Waals surface area contributed by atoms with Crippen LogP contribution in [0.4, 0.5) is 0 Å².